The molecule has 15 heteroatoms. The maximum absolute atomic E-state index is 14.5. The zero-order chi connectivity index (χ0) is 33.3. The molecule has 1 unspecified atom stereocenters. The summed E-state index contributed by atoms with van der Waals surface area (Å²) in [6.07, 6.45) is 3.11. The van der Waals surface area contributed by atoms with Crippen molar-refractivity contribution in [2.75, 3.05) is 19.9 Å². The Hall–Kier alpha value is -5.69. The van der Waals surface area contributed by atoms with Crippen LogP contribution in [0.25, 0.3) is 22.3 Å². The third kappa shape index (κ3) is 7.33. The minimum absolute atomic E-state index is 0. The van der Waals surface area contributed by atoms with E-state index in [1.807, 2.05) is 20.8 Å². The van der Waals surface area contributed by atoms with Gasteiger partial charge in [-0.05, 0) is 55.5 Å². The number of cyclic esters (lactones) is 1. The van der Waals surface area contributed by atoms with Gasteiger partial charge in [0.15, 0.2) is 6.10 Å². The van der Waals surface area contributed by atoms with Gasteiger partial charge in [-0.2, -0.15) is 6.41 Å². The van der Waals surface area contributed by atoms with Crippen LogP contribution in [0.2, 0.25) is 0 Å². The molecule has 5 N–H and O–H groups in total. The molecule has 1 aromatic carbocycles. The number of primary amides is 1. The van der Waals surface area contributed by atoms with Gasteiger partial charge in [-0.1, -0.05) is 20.8 Å². The molecule has 1 aliphatic carbocycles. The SMILES string of the molecule is CC.CCN[C-]=O.Cc1c(F)cc2nc3c(c4c2c1CCC4)Cn1c-3cc2c(c1=O)COC(=O)C2O.NC(=O)COCNC=O.[Fm]. The number of nitrogens with one attached hydrogen (secondary N) is 2. The van der Waals surface area contributed by atoms with Gasteiger partial charge in [-0.25, -0.2) is 14.2 Å². The fourth-order valence-corrected chi connectivity index (χ4v) is 5.38. The van der Waals surface area contributed by atoms with Crippen molar-refractivity contribution in [2.24, 2.45) is 5.73 Å². The van der Waals surface area contributed by atoms with Crippen LogP contribution >= 0.6 is 0 Å². The number of esters is 1. The van der Waals surface area contributed by atoms with Crippen molar-refractivity contribution in [3.63, 3.8) is 0 Å². The van der Waals surface area contributed by atoms with E-state index < -0.39 is 18.0 Å². The summed E-state index contributed by atoms with van der Waals surface area (Å²) in [6, 6.07) is 3.13. The molecule has 3 aromatic rings. The van der Waals surface area contributed by atoms with Crippen LogP contribution in [0.15, 0.2) is 16.9 Å². The van der Waals surface area contributed by atoms with Gasteiger partial charge < -0.3 is 40.3 Å². The molecule has 46 heavy (non-hydrogen) atoms. The fraction of sp³-hybridized carbons (Fsp3) is 0.419. The molecule has 0 fully saturated rings. The van der Waals surface area contributed by atoms with Crippen molar-refractivity contribution >= 4 is 35.6 Å². The number of carbonyl (C=O) groups excluding carboxylic acids is 4. The van der Waals surface area contributed by atoms with Gasteiger partial charge in [0.05, 0.1) is 29.0 Å². The monoisotopic (exact) mass is 883 g/mol. The summed E-state index contributed by atoms with van der Waals surface area (Å²) in [5.41, 5.74) is 10.6. The molecule has 13 nitrogen and oxygen atoms in total. The fourth-order valence-electron chi connectivity index (χ4n) is 5.38. The number of aliphatic hydroxyl groups is 1. The first-order chi connectivity index (χ1) is 21.6. The number of fused-ring (bicyclic) bond motifs is 5. The number of carbonyl (C=O) groups is 3. The second kappa shape index (κ2) is 16.4. The summed E-state index contributed by atoms with van der Waals surface area (Å²) in [5, 5.41) is 15.7. The molecule has 0 saturated carbocycles. The topological polar surface area (TPSA) is 192 Å². The molecule has 0 radical (unpaired) electrons. The molecule has 254 valence electrons. The van der Waals surface area contributed by atoms with Gasteiger partial charge in [-0.3, -0.25) is 14.4 Å². The quantitative estimate of drug-likeness (QED) is 0.0530. The van der Waals surface area contributed by atoms with Gasteiger partial charge in [0.2, 0.25) is 12.3 Å². The van der Waals surface area contributed by atoms with Gasteiger partial charge in [0, 0.05) is 22.6 Å². The number of amides is 3. The van der Waals surface area contributed by atoms with E-state index in [1.165, 1.54) is 12.5 Å². The summed E-state index contributed by atoms with van der Waals surface area (Å²) >= 11 is 0. The minimum Gasteiger partial charge on any atom is -0.530 e. The number of aliphatic hydroxyl groups excluding tert-OH is 1. The minimum atomic E-state index is -1.48. The van der Waals surface area contributed by atoms with Crippen LogP contribution in [0.4, 0.5) is 4.39 Å². The van der Waals surface area contributed by atoms with E-state index in [4.69, 9.17) is 20.2 Å². The normalized spacial score (nSPS) is 14.5. The Kier molecular flexibility index (Phi) is 13.0. The van der Waals surface area contributed by atoms with Gasteiger partial charge in [-0.15, -0.1) is 0 Å². The number of aromatic nitrogens is 2. The van der Waals surface area contributed by atoms with Crippen LogP contribution in [0.1, 0.15) is 66.7 Å². The number of nitrogens with zero attached hydrogens (tertiary/aromatic N) is 2. The number of benzene rings is 1. The first kappa shape index (κ1) is 36.5. The van der Waals surface area contributed by atoms with Crippen LogP contribution in [-0.4, -0.2) is 59.2 Å². The van der Waals surface area contributed by atoms with Crippen LogP contribution < -0.4 is 21.9 Å². The Morgan fingerprint density at radius 2 is 1.93 bits per heavy atom. The predicted molar refractivity (Wildman–Crippen MR) is 162 cm³/mol. The smallest absolute Gasteiger partial charge is 0.340 e. The summed E-state index contributed by atoms with van der Waals surface area (Å²) in [7, 11) is 0. The summed E-state index contributed by atoms with van der Waals surface area (Å²) in [4.78, 5) is 58.2. The first-order valence-corrected chi connectivity index (χ1v) is 14.5. The molecular formula is C31H37FFmN5O8-. The molecular weight excluding hydrogens is 846 g/mol. The number of pyridine rings is 2. The summed E-state index contributed by atoms with van der Waals surface area (Å²) in [6.45, 7) is 8.41. The van der Waals surface area contributed by atoms with Gasteiger partial charge in [0.1, 0.15) is 25.8 Å². The first-order valence-electron chi connectivity index (χ1n) is 14.5. The summed E-state index contributed by atoms with van der Waals surface area (Å²) in [5.74, 6) is -1.58. The van der Waals surface area contributed by atoms with Crippen LogP contribution in [0.5, 0.6) is 0 Å². The standard InChI is InChI=1S/C22H17FN2O4.C4H8N2O3.C3H6NO.C2H6.Fm/c1-9-10-3-2-4-11-13-7-25-17(19(13)24-16(18(10)11)6-15(9)23)5-12-14(21(25)27)8-29-22(28)20(12)26;5-4(8)1-9-3-6-2-7;1-2-4-3-5;1-2;/h5-6,20,26H,2-4,7-8H2,1H3;2H,1,3H2,(H2,5,8)(H,6,7);2H2,1H3,(H,4,5);1-2H3;/q;;-1;;. The van der Waals surface area contributed by atoms with Gasteiger partial charge >= 0.3 is 5.97 Å². The Morgan fingerprint density at radius 3 is 2.54 bits per heavy atom. The van der Waals surface area contributed by atoms with E-state index in [2.05, 4.69) is 15.4 Å². The van der Waals surface area contributed by atoms with Crippen molar-refractivity contribution in [1.82, 2.24) is 20.2 Å². The number of hydrogen-bond donors (Lipinski definition) is 4. The third-order valence-electron chi connectivity index (χ3n) is 7.30. The van der Waals surface area contributed by atoms with Crippen LogP contribution in [0.3, 0.4) is 0 Å². The summed E-state index contributed by atoms with van der Waals surface area (Å²) < 4.78 is 25.6. The Balaban J connectivity index is 0.000000366. The van der Waals surface area contributed by atoms with E-state index in [9.17, 15) is 28.7 Å². The molecule has 1 atom stereocenters. The second-order valence-corrected chi connectivity index (χ2v) is 9.91. The average Bonchev–Trinajstić information content (AvgIpc) is 3.41. The average molecular weight is 884 g/mol. The molecule has 0 bridgehead atoms. The molecule has 6 rings (SSSR count). The number of ether oxygens (including phenoxy) is 2. The van der Waals surface area contributed by atoms with E-state index in [-0.39, 0.29) is 36.9 Å². The molecule has 0 spiro atoms. The van der Waals surface area contributed by atoms with Crippen molar-refractivity contribution in [3.05, 3.63) is 61.7 Å². The zero-order valence-corrected chi connectivity index (χ0v) is 28.3. The Bertz CT molecular complexity index is 1660. The largest absolute Gasteiger partial charge is 0.530 e. The predicted octanol–water partition coefficient (Wildman–Crippen LogP) is 1.33. The number of hydrogen-bond acceptors (Lipinski definition) is 9. The van der Waals surface area contributed by atoms with E-state index in [1.54, 1.807) is 17.6 Å². The van der Waals surface area contributed by atoms with Crippen LogP contribution in [-0.2, 0) is 54.6 Å². The zero-order valence-electron chi connectivity index (χ0n) is 25.9. The van der Waals surface area contributed by atoms with E-state index >= 15 is 0 Å². The van der Waals surface area contributed by atoms with Crippen molar-refractivity contribution in [1.29, 1.82) is 0 Å². The van der Waals surface area contributed by atoms with Gasteiger partial charge in [0.25, 0.3) is 5.56 Å². The number of halogens is 1. The molecule has 2 aliphatic heterocycles. The van der Waals surface area contributed by atoms with Crippen LogP contribution in [0, 0.1) is 12.7 Å². The molecule has 2 aromatic heterocycles. The molecule has 3 amide bonds. The van der Waals surface area contributed by atoms with Crippen molar-refractivity contribution in [3.8, 4) is 11.4 Å². The van der Waals surface area contributed by atoms with Crippen molar-refractivity contribution < 1.29 is 38.1 Å². The second-order valence-electron chi connectivity index (χ2n) is 9.91. The maximum Gasteiger partial charge on any atom is 0.340 e. The molecule has 4 heterocycles. The van der Waals surface area contributed by atoms with Crippen molar-refractivity contribution in [2.45, 2.75) is 66.2 Å². The number of nitrogens with two attached hydrogens (primary N) is 1. The molecule has 3 aliphatic rings. The Labute approximate surface area is 258 Å². The number of rotatable bonds is 7. The third-order valence-corrected chi connectivity index (χ3v) is 7.30. The Morgan fingerprint density at radius 1 is 1.24 bits per heavy atom. The molecule has 0 saturated heterocycles. The maximum atomic E-state index is 14.5. The van der Waals surface area contributed by atoms with E-state index in [0.29, 0.717) is 47.5 Å². The van der Waals surface area contributed by atoms with E-state index in [0.717, 1.165) is 41.3 Å². The number of aryl methyl sites for hydroxylation is 2.